The molecule has 1 saturated carbocycles. The normalized spacial score (nSPS) is 18.9. The van der Waals surface area contributed by atoms with Crippen LogP contribution in [0.25, 0.3) is 10.6 Å². The van der Waals surface area contributed by atoms with Crippen LogP contribution >= 0.6 is 34.3 Å². The number of nitrogens with one attached hydrogen (secondary N) is 1. The highest BCUT2D eigenvalue weighted by atomic mass is 35.5. The van der Waals surface area contributed by atoms with Gasteiger partial charge in [0.25, 0.3) is 5.91 Å². The van der Waals surface area contributed by atoms with Crippen LogP contribution in [-0.2, 0) is 9.59 Å². The average molecular weight is 439 g/mol. The topological polar surface area (TPSA) is 82.6 Å². The van der Waals surface area contributed by atoms with Crippen molar-refractivity contribution in [2.24, 2.45) is 0 Å². The average Bonchev–Trinajstić information content (AvgIpc) is 3.36. The highest BCUT2D eigenvalue weighted by molar-refractivity contribution is 7.20. The molecule has 0 unspecified atom stereocenters. The molecule has 10 heteroatoms. The zero-order valence-corrected chi connectivity index (χ0v) is 17.6. The molecule has 1 saturated heterocycles. The van der Waals surface area contributed by atoms with E-state index in [-0.39, 0.29) is 12.5 Å². The number of carbonyl (C=O) groups is 3. The van der Waals surface area contributed by atoms with E-state index in [1.165, 1.54) is 27.6 Å². The van der Waals surface area contributed by atoms with Crippen molar-refractivity contribution in [3.8, 4) is 10.6 Å². The lowest BCUT2D eigenvalue weighted by molar-refractivity contribution is -0.136. The van der Waals surface area contributed by atoms with E-state index in [1.54, 1.807) is 13.1 Å². The van der Waals surface area contributed by atoms with Crippen LogP contribution in [0.3, 0.4) is 0 Å². The number of aromatic nitrogens is 1. The minimum atomic E-state index is -0.775. The number of hydrogen-bond acceptors (Lipinski definition) is 6. The van der Waals surface area contributed by atoms with Gasteiger partial charge in [0.1, 0.15) is 12.1 Å². The van der Waals surface area contributed by atoms with E-state index in [0.29, 0.717) is 22.3 Å². The number of imide groups is 1. The van der Waals surface area contributed by atoms with Crippen LogP contribution in [0.4, 0.5) is 9.93 Å². The number of thiazole rings is 1. The Hall–Kier alpha value is -1.97. The molecule has 0 bridgehead atoms. The number of anilines is 1. The van der Waals surface area contributed by atoms with Crippen molar-refractivity contribution in [3.63, 3.8) is 0 Å². The number of rotatable bonds is 4. The third-order valence-electron chi connectivity index (χ3n) is 5.36. The number of nitrogens with zero attached hydrogens (tertiary/aromatic N) is 3. The summed E-state index contributed by atoms with van der Waals surface area (Å²) in [5.41, 5.74) is -0.0472. The second kappa shape index (κ2) is 7.46. The lowest BCUT2D eigenvalue weighted by Gasteiger charge is -2.35. The van der Waals surface area contributed by atoms with Gasteiger partial charge in [0.05, 0.1) is 14.9 Å². The SMILES string of the molecule is CN1C(=O)N(CC(=O)Nc2nc(-c3ccc(Cl)s3)cs2)C(=O)C12CCCCC2. The molecule has 2 aliphatic rings. The molecular weight excluding hydrogens is 420 g/mol. The van der Waals surface area contributed by atoms with Crippen LogP contribution < -0.4 is 5.32 Å². The zero-order valence-electron chi connectivity index (χ0n) is 15.2. The van der Waals surface area contributed by atoms with Gasteiger partial charge in [0, 0.05) is 12.4 Å². The molecule has 1 N–H and O–H groups in total. The summed E-state index contributed by atoms with van der Waals surface area (Å²) in [5, 5.41) is 4.94. The van der Waals surface area contributed by atoms with Crippen LogP contribution in [0, 0.1) is 0 Å². The van der Waals surface area contributed by atoms with E-state index in [1.807, 2.05) is 11.4 Å². The maximum atomic E-state index is 12.9. The van der Waals surface area contributed by atoms with Crippen LogP contribution in [0.5, 0.6) is 0 Å². The van der Waals surface area contributed by atoms with Crippen LogP contribution in [0.2, 0.25) is 4.34 Å². The van der Waals surface area contributed by atoms with Gasteiger partial charge in [-0.2, -0.15) is 0 Å². The summed E-state index contributed by atoms with van der Waals surface area (Å²) < 4.78 is 0.667. The molecule has 148 valence electrons. The van der Waals surface area contributed by atoms with Crippen LogP contribution in [0.15, 0.2) is 17.5 Å². The number of hydrogen-bond donors (Lipinski definition) is 1. The summed E-state index contributed by atoms with van der Waals surface area (Å²) in [4.78, 5) is 45.9. The van der Waals surface area contributed by atoms with Gasteiger partial charge in [-0.25, -0.2) is 9.78 Å². The Morgan fingerprint density at radius 2 is 2.04 bits per heavy atom. The first-order valence-corrected chi connectivity index (χ1v) is 11.1. The van der Waals surface area contributed by atoms with E-state index in [9.17, 15) is 14.4 Å². The third-order valence-corrected chi connectivity index (χ3v) is 7.37. The second-order valence-corrected chi connectivity index (χ2v) is 9.59. The Bertz CT molecular complexity index is 935. The molecular formula is C18H19ClN4O3S2. The molecule has 0 aromatic carbocycles. The smallest absolute Gasteiger partial charge is 0.313 e. The van der Waals surface area contributed by atoms with E-state index in [0.717, 1.165) is 34.7 Å². The molecule has 0 atom stereocenters. The number of carbonyl (C=O) groups excluding carboxylic acids is 3. The van der Waals surface area contributed by atoms with Crippen molar-refractivity contribution >= 4 is 57.3 Å². The molecule has 4 rings (SSSR count). The minimum absolute atomic E-state index is 0.261. The summed E-state index contributed by atoms with van der Waals surface area (Å²) in [6.07, 6.45) is 4.21. The minimum Gasteiger partial charge on any atom is -0.313 e. The molecule has 4 amide bonds. The fourth-order valence-electron chi connectivity index (χ4n) is 3.87. The van der Waals surface area contributed by atoms with E-state index >= 15 is 0 Å². The van der Waals surface area contributed by atoms with Crippen LogP contribution in [-0.4, -0.2) is 51.8 Å². The van der Waals surface area contributed by atoms with E-state index < -0.39 is 17.5 Å². The monoisotopic (exact) mass is 438 g/mol. The number of thiophene rings is 1. The molecule has 1 aliphatic heterocycles. The Morgan fingerprint density at radius 1 is 1.29 bits per heavy atom. The van der Waals surface area contributed by atoms with Gasteiger partial charge in [-0.15, -0.1) is 22.7 Å². The quantitative estimate of drug-likeness (QED) is 0.729. The van der Waals surface area contributed by atoms with E-state index in [2.05, 4.69) is 10.3 Å². The van der Waals surface area contributed by atoms with Gasteiger partial charge in [0.2, 0.25) is 5.91 Å². The number of likely N-dealkylation sites (N-methyl/N-ethyl adjacent to an activating group) is 1. The molecule has 2 fully saturated rings. The number of amides is 4. The zero-order chi connectivity index (χ0) is 19.9. The molecule has 1 spiro atoms. The highest BCUT2D eigenvalue weighted by Crippen LogP contribution is 2.39. The maximum Gasteiger partial charge on any atom is 0.327 e. The Balaban J connectivity index is 1.43. The standard InChI is InChI=1S/C18H19ClN4O3S2/c1-22-17(26)23(15(25)18(22)7-3-2-4-8-18)9-14(24)21-16-20-11(10-27-16)12-5-6-13(19)28-12/h5-6,10H,2-4,7-9H2,1H3,(H,20,21,24). The van der Waals surface area contributed by atoms with Gasteiger partial charge in [-0.1, -0.05) is 30.9 Å². The molecule has 2 aromatic heterocycles. The van der Waals surface area contributed by atoms with Gasteiger partial charge in [-0.3, -0.25) is 14.5 Å². The summed E-state index contributed by atoms with van der Waals surface area (Å²) >= 11 is 8.64. The predicted molar refractivity (Wildman–Crippen MR) is 110 cm³/mol. The molecule has 28 heavy (non-hydrogen) atoms. The largest absolute Gasteiger partial charge is 0.327 e. The van der Waals surface area contributed by atoms with Crippen molar-refractivity contribution in [1.82, 2.24) is 14.8 Å². The summed E-state index contributed by atoms with van der Waals surface area (Å²) in [7, 11) is 1.66. The molecule has 0 radical (unpaired) electrons. The van der Waals surface area contributed by atoms with Gasteiger partial charge in [-0.05, 0) is 25.0 Å². The lowest BCUT2D eigenvalue weighted by atomic mass is 9.81. The maximum absolute atomic E-state index is 12.9. The predicted octanol–water partition coefficient (Wildman–Crippen LogP) is 4.06. The fourth-order valence-corrected chi connectivity index (χ4v) is 5.67. The number of urea groups is 1. The summed E-state index contributed by atoms with van der Waals surface area (Å²) in [6.45, 7) is -0.302. The lowest BCUT2D eigenvalue weighted by Crippen LogP contribution is -2.49. The van der Waals surface area contributed by atoms with Crippen LogP contribution in [0.1, 0.15) is 32.1 Å². The van der Waals surface area contributed by atoms with Gasteiger partial charge in [0.15, 0.2) is 5.13 Å². The molecule has 3 heterocycles. The van der Waals surface area contributed by atoms with Gasteiger partial charge < -0.3 is 10.2 Å². The summed E-state index contributed by atoms with van der Waals surface area (Å²) in [5.74, 6) is -0.698. The van der Waals surface area contributed by atoms with Crippen molar-refractivity contribution in [1.29, 1.82) is 0 Å². The van der Waals surface area contributed by atoms with Crippen molar-refractivity contribution in [2.45, 2.75) is 37.6 Å². The Kier molecular flexibility index (Phi) is 5.15. The van der Waals surface area contributed by atoms with Gasteiger partial charge >= 0.3 is 6.03 Å². The third kappa shape index (κ3) is 3.31. The van der Waals surface area contributed by atoms with Crippen molar-refractivity contribution in [2.75, 3.05) is 18.9 Å². The first kappa shape index (κ1) is 19.4. The Morgan fingerprint density at radius 3 is 2.71 bits per heavy atom. The van der Waals surface area contributed by atoms with Crippen molar-refractivity contribution < 1.29 is 14.4 Å². The molecule has 2 aromatic rings. The van der Waals surface area contributed by atoms with Crippen molar-refractivity contribution in [3.05, 3.63) is 21.8 Å². The molecule has 7 nitrogen and oxygen atoms in total. The Labute approximate surface area is 175 Å². The molecule has 1 aliphatic carbocycles. The first-order valence-electron chi connectivity index (χ1n) is 9.01. The number of halogens is 1. The van der Waals surface area contributed by atoms with E-state index in [4.69, 9.17) is 11.6 Å². The fraction of sp³-hybridized carbons (Fsp3) is 0.444. The first-order chi connectivity index (χ1) is 13.4. The highest BCUT2D eigenvalue weighted by Gasteiger charge is 2.55. The second-order valence-electron chi connectivity index (χ2n) is 7.01. The summed E-state index contributed by atoms with van der Waals surface area (Å²) in [6, 6.07) is 3.26.